The number of ether oxygens (including phenoxy) is 1. The van der Waals surface area contributed by atoms with Crippen molar-refractivity contribution in [1.82, 2.24) is 14.4 Å². The molecule has 0 atom stereocenters. The maximum absolute atomic E-state index is 12.7. The summed E-state index contributed by atoms with van der Waals surface area (Å²) in [6.07, 6.45) is 3.13. The van der Waals surface area contributed by atoms with Crippen LogP contribution in [0.5, 0.6) is 5.88 Å². The van der Waals surface area contributed by atoms with Crippen molar-refractivity contribution in [3.8, 4) is 17.0 Å². The van der Waals surface area contributed by atoms with Gasteiger partial charge in [-0.05, 0) is 67.3 Å². The largest absolute Gasteiger partial charge is 0.481 e. The monoisotopic (exact) mass is 478 g/mol. The van der Waals surface area contributed by atoms with Gasteiger partial charge in [0, 0.05) is 23.9 Å². The minimum absolute atomic E-state index is 0.228. The van der Waals surface area contributed by atoms with Crippen LogP contribution in [-0.2, 0) is 23.1 Å². The summed E-state index contributed by atoms with van der Waals surface area (Å²) in [7, 11) is -2.87. The Bertz CT molecular complexity index is 1240. The summed E-state index contributed by atoms with van der Waals surface area (Å²) >= 11 is 0. The highest BCUT2D eigenvalue weighted by atomic mass is 32.2. The number of urea groups is 1. The molecule has 8 nitrogen and oxygen atoms in total. The molecular formula is C22H24F2N4O4S. The fourth-order valence-corrected chi connectivity index (χ4v) is 5.40. The number of hydrogen-bond acceptors (Lipinski definition) is 5. The molecular weight excluding hydrogens is 454 g/mol. The number of pyridine rings is 1. The number of halogens is 2. The molecule has 176 valence electrons. The zero-order valence-electron chi connectivity index (χ0n) is 18.2. The van der Waals surface area contributed by atoms with E-state index >= 15 is 0 Å². The SMILES string of the molecule is COc1cc(-c2c(C)cc3c(c2NC(=O)NS(=O)(=O)NC2(C=C(F)F)CC2)CCC3)ccn1. The Morgan fingerprint density at radius 1 is 1.24 bits per heavy atom. The summed E-state index contributed by atoms with van der Waals surface area (Å²) in [6.45, 7) is 1.91. The molecule has 1 aromatic heterocycles. The molecule has 2 aliphatic rings. The van der Waals surface area contributed by atoms with Crippen molar-refractivity contribution in [3.63, 3.8) is 0 Å². The molecule has 2 aromatic rings. The van der Waals surface area contributed by atoms with E-state index < -0.39 is 27.9 Å². The molecule has 0 radical (unpaired) electrons. The summed E-state index contributed by atoms with van der Waals surface area (Å²) in [4.78, 5) is 16.8. The number of carbonyl (C=O) groups excluding carboxylic acids is 1. The van der Waals surface area contributed by atoms with Crippen LogP contribution in [0.4, 0.5) is 19.3 Å². The fourth-order valence-electron chi connectivity index (χ4n) is 4.25. The predicted octanol–water partition coefficient (Wildman–Crippen LogP) is 3.82. The lowest BCUT2D eigenvalue weighted by Gasteiger charge is -2.20. The summed E-state index contributed by atoms with van der Waals surface area (Å²) < 4.78 is 59.4. The van der Waals surface area contributed by atoms with Gasteiger partial charge in [-0.25, -0.2) is 14.5 Å². The first kappa shape index (κ1) is 23.1. The third-order valence-corrected chi connectivity index (χ3v) is 6.94. The number of aromatic nitrogens is 1. The second kappa shape index (κ2) is 8.71. The molecule has 3 N–H and O–H groups in total. The normalized spacial score (nSPS) is 16.0. The van der Waals surface area contributed by atoms with Crippen LogP contribution in [0.1, 0.15) is 36.0 Å². The Labute approximate surface area is 190 Å². The molecule has 0 unspecified atom stereocenters. The molecule has 0 spiro atoms. The van der Waals surface area contributed by atoms with E-state index in [0.717, 1.165) is 47.1 Å². The third-order valence-electron chi connectivity index (χ3n) is 5.81. The number of methoxy groups -OCH3 is 1. The van der Waals surface area contributed by atoms with Gasteiger partial charge in [0.05, 0.1) is 18.3 Å². The van der Waals surface area contributed by atoms with Crippen LogP contribution >= 0.6 is 0 Å². The van der Waals surface area contributed by atoms with Gasteiger partial charge in [-0.2, -0.15) is 21.9 Å². The van der Waals surface area contributed by atoms with Gasteiger partial charge in [-0.1, -0.05) is 6.07 Å². The minimum Gasteiger partial charge on any atom is -0.481 e. The summed E-state index contributed by atoms with van der Waals surface area (Å²) in [5, 5.41) is 2.70. The number of anilines is 1. The van der Waals surface area contributed by atoms with Crippen LogP contribution in [-0.4, -0.2) is 32.1 Å². The minimum atomic E-state index is -4.37. The van der Waals surface area contributed by atoms with Crippen molar-refractivity contribution in [2.24, 2.45) is 0 Å². The van der Waals surface area contributed by atoms with Gasteiger partial charge >= 0.3 is 16.2 Å². The molecule has 1 heterocycles. The Balaban J connectivity index is 1.63. The van der Waals surface area contributed by atoms with E-state index in [1.165, 1.54) is 7.11 Å². The Kier molecular flexibility index (Phi) is 6.10. The second-order valence-corrected chi connectivity index (χ2v) is 9.69. The lowest BCUT2D eigenvalue weighted by atomic mass is 9.93. The van der Waals surface area contributed by atoms with Gasteiger partial charge < -0.3 is 10.1 Å². The van der Waals surface area contributed by atoms with Crippen LogP contribution in [0.15, 0.2) is 36.6 Å². The Hall–Kier alpha value is -3.05. The lowest BCUT2D eigenvalue weighted by molar-refractivity contribution is 0.256. The molecule has 0 aliphatic heterocycles. The summed E-state index contributed by atoms with van der Waals surface area (Å²) in [5.41, 5.74) is 3.58. The van der Waals surface area contributed by atoms with E-state index in [4.69, 9.17) is 4.74 Å². The molecule has 0 bridgehead atoms. The van der Waals surface area contributed by atoms with E-state index in [1.54, 1.807) is 18.3 Å². The molecule has 2 amide bonds. The van der Waals surface area contributed by atoms with Gasteiger partial charge in [0.25, 0.3) is 6.08 Å². The zero-order chi connectivity index (χ0) is 23.8. The maximum Gasteiger partial charge on any atom is 0.333 e. The van der Waals surface area contributed by atoms with Gasteiger partial charge in [-0.15, -0.1) is 0 Å². The van der Waals surface area contributed by atoms with Gasteiger partial charge in [0.15, 0.2) is 0 Å². The number of benzene rings is 1. The van der Waals surface area contributed by atoms with Crippen LogP contribution in [0.3, 0.4) is 0 Å². The molecule has 33 heavy (non-hydrogen) atoms. The van der Waals surface area contributed by atoms with Crippen LogP contribution in [0, 0.1) is 6.92 Å². The number of aryl methyl sites for hydroxylation is 2. The Morgan fingerprint density at radius 3 is 2.67 bits per heavy atom. The zero-order valence-corrected chi connectivity index (χ0v) is 19.0. The van der Waals surface area contributed by atoms with Crippen LogP contribution in [0.2, 0.25) is 0 Å². The lowest BCUT2D eigenvalue weighted by Crippen LogP contribution is -2.47. The van der Waals surface area contributed by atoms with Crippen LogP contribution in [0.25, 0.3) is 11.1 Å². The molecule has 1 aromatic carbocycles. The van der Waals surface area contributed by atoms with E-state index in [0.29, 0.717) is 17.6 Å². The van der Waals surface area contributed by atoms with Crippen molar-refractivity contribution in [2.75, 3.05) is 12.4 Å². The first-order valence-electron chi connectivity index (χ1n) is 10.4. The number of hydrogen-bond donors (Lipinski definition) is 3. The maximum atomic E-state index is 12.7. The number of nitrogens with one attached hydrogen (secondary N) is 3. The number of amides is 2. The average Bonchev–Trinajstić information content (AvgIpc) is 3.28. The van der Waals surface area contributed by atoms with Gasteiger partial charge in [0.1, 0.15) is 0 Å². The second-order valence-electron chi connectivity index (χ2n) is 8.27. The highest BCUT2D eigenvalue weighted by molar-refractivity contribution is 7.88. The van der Waals surface area contributed by atoms with Crippen molar-refractivity contribution in [2.45, 2.75) is 44.6 Å². The smallest absolute Gasteiger partial charge is 0.333 e. The molecule has 11 heteroatoms. The van der Waals surface area contributed by atoms with Crippen molar-refractivity contribution < 1.29 is 26.7 Å². The molecule has 4 rings (SSSR count). The molecule has 0 saturated heterocycles. The van der Waals surface area contributed by atoms with E-state index in [1.807, 2.05) is 11.6 Å². The fraction of sp³-hybridized carbons (Fsp3) is 0.364. The highest BCUT2D eigenvalue weighted by Crippen LogP contribution is 2.41. The van der Waals surface area contributed by atoms with Gasteiger partial charge in [0.2, 0.25) is 5.88 Å². The highest BCUT2D eigenvalue weighted by Gasteiger charge is 2.45. The topological polar surface area (TPSA) is 109 Å². The third kappa shape index (κ3) is 5.14. The standard InChI is InChI=1S/C22H24F2N4O4S/c1-13-10-14-4-3-5-16(14)20(19(13)15-6-9-25-18(11-15)32-2)26-21(29)27-33(30,31)28-22(7-8-22)12-17(23)24/h6,9-12,28H,3-5,7-8H2,1-2H3,(H2,26,27,29). The van der Waals surface area contributed by atoms with Crippen LogP contribution < -0.4 is 19.5 Å². The number of rotatable bonds is 7. The van der Waals surface area contributed by atoms with E-state index in [9.17, 15) is 22.0 Å². The van der Waals surface area contributed by atoms with E-state index in [2.05, 4.69) is 21.1 Å². The predicted molar refractivity (Wildman–Crippen MR) is 119 cm³/mol. The quantitative estimate of drug-likeness (QED) is 0.561. The van der Waals surface area contributed by atoms with E-state index in [-0.39, 0.29) is 12.8 Å². The van der Waals surface area contributed by atoms with Crippen molar-refractivity contribution in [1.29, 1.82) is 0 Å². The summed E-state index contributed by atoms with van der Waals surface area (Å²) in [6, 6.07) is 4.60. The average molecular weight is 479 g/mol. The van der Waals surface area contributed by atoms with Gasteiger partial charge in [-0.3, -0.25) is 0 Å². The number of fused-ring (bicyclic) bond motifs is 1. The molecule has 2 aliphatic carbocycles. The first-order valence-corrected chi connectivity index (χ1v) is 11.9. The van der Waals surface area contributed by atoms with Crippen molar-refractivity contribution >= 4 is 21.9 Å². The summed E-state index contributed by atoms with van der Waals surface area (Å²) in [5.74, 6) is 0.400. The first-order chi connectivity index (χ1) is 15.6. The van der Waals surface area contributed by atoms with Crippen molar-refractivity contribution in [3.05, 3.63) is 53.2 Å². The Morgan fingerprint density at radius 2 is 2.00 bits per heavy atom. The number of carbonyl (C=O) groups is 1. The number of nitrogens with zero attached hydrogens (tertiary/aromatic N) is 1. The molecule has 1 fully saturated rings. The molecule has 1 saturated carbocycles.